The highest BCUT2D eigenvalue weighted by Gasteiger charge is 2.26. The van der Waals surface area contributed by atoms with Crippen molar-refractivity contribution in [3.8, 4) is 11.8 Å². The van der Waals surface area contributed by atoms with Crippen LogP contribution in [-0.4, -0.2) is 17.0 Å². The van der Waals surface area contributed by atoms with Crippen molar-refractivity contribution in [3.63, 3.8) is 0 Å². The van der Waals surface area contributed by atoms with Gasteiger partial charge in [0.15, 0.2) is 17.6 Å². The Labute approximate surface area is 151 Å². The Kier molecular flexibility index (Phi) is 5.80. The van der Waals surface area contributed by atoms with Crippen molar-refractivity contribution in [2.45, 2.75) is 51.0 Å². The van der Waals surface area contributed by atoms with Gasteiger partial charge in [-0.3, -0.25) is 9.59 Å². The second-order valence-corrected chi connectivity index (χ2v) is 6.21. The monoisotopic (exact) mass is 356 g/mol. The highest BCUT2D eigenvalue weighted by atomic mass is 16.6. The van der Waals surface area contributed by atoms with Gasteiger partial charge in [-0.05, 0) is 30.9 Å². The fourth-order valence-corrected chi connectivity index (χ4v) is 2.91. The molecule has 26 heavy (non-hydrogen) atoms. The topological polar surface area (TPSA) is 89.9 Å². The van der Waals surface area contributed by atoms with Crippen molar-refractivity contribution in [1.82, 2.24) is 0 Å². The molecule has 1 N–H and O–H groups in total. The summed E-state index contributed by atoms with van der Waals surface area (Å²) in [6.45, 7) is 0. The molecule has 1 atom stereocenters. The van der Waals surface area contributed by atoms with Gasteiger partial charge in [-0.2, -0.15) is 0 Å². The van der Waals surface area contributed by atoms with Gasteiger partial charge in [-0.1, -0.05) is 18.8 Å². The number of fused-ring (bicyclic) bond motifs is 2. The third-order valence-corrected chi connectivity index (χ3v) is 4.25. The van der Waals surface area contributed by atoms with Gasteiger partial charge in [0.25, 0.3) is 0 Å². The Hall–Kier alpha value is -2.94. The van der Waals surface area contributed by atoms with Gasteiger partial charge in [0, 0.05) is 24.8 Å². The van der Waals surface area contributed by atoms with E-state index in [0.717, 1.165) is 18.4 Å². The number of carboxylic acid groups (broad SMARTS) is 1. The molecule has 1 unspecified atom stereocenters. The lowest BCUT2D eigenvalue weighted by atomic mass is 10.0. The molecule has 0 fully saturated rings. The van der Waals surface area contributed by atoms with E-state index in [1.54, 1.807) is 12.3 Å². The van der Waals surface area contributed by atoms with Crippen LogP contribution in [0.1, 0.15) is 67.3 Å². The van der Waals surface area contributed by atoms with E-state index in [2.05, 4.69) is 11.8 Å². The number of unbranched alkanes of at least 4 members (excludes halogenated alkanes) is 3. The fraction of sp³-hybridized carbons (Fsp3) is 0.400. The molecule has 136 valence electrons. The molecular weight excluding hydrogens is 336 g/mol. The number of furan rings is 2. The Morgan fingerprint density at radius 1 is 1.08 bits per heavy atom. The smallest absolute Gasteiger partial charge is 0.306 e. The normalized spacial score (nSPS) is 15.0. The fourth-order valence-electron chi connectivity index (χ4n) is 2.91. The second-order valence-electron chi connectivity index (χ2n) is 6.21. The van der Waals surface area contributed by atoms with Crippen LogP contribution in [0.4, 0.5) is 0 Å². The summed E-state index contributed by atoms with van der Waals surface area (Å²) in [6.07, 6.45) is 6.38. The van der Waals surface area contributed by atoms with Crippen molar-refractivity contribution in [1.29, 1.82) is 0 Å². The van der Waals surface area contributed by atoms with Gasteiger partial charge in [0.1, 0.15) is 0 Å². The summed E-state index contributed by atoms with van der Waals surface area (Å²) in [7, 11) is 0. The average Bonchev–Trinajstić information content (AvgIpc) is 3.22. The van der Waals surface area contributed by atoms with Crippen molar-refractivity contribution < 1.29 is 28.3 Å². The van der Waals surface area contributed by atoms with Crippen LogP contribution in [0.15, 0.2) is 33.5 Å². The maximum Gasteiger partial charge on any atom is 0.306 e. The van der Waals surface area contributed by atoms with Gasteiger partial charge in [0.2, 0.25) is 0 Å². The van der Waals surface area contributed by atoms with E-state index in [1.807, 2.05) is 6.07 Å². The molecule has 1 aliphatic rings. The number of rotatable bonds is 8. The third-order valence-electron chi connectivity index (χ3n) is 4.25. The molecule has 0 spiro atoms. The molecule has 2 heterocycles. The number of hydrogen-bond acceptors (Lipinski definition) is 5. The molecule has 0 bridgehead atoms. The third kappa shape index (κ3) is 4.57. The maximum absolute atomic E-state index is 12.2. The van der Waals surface area contributed by atoms with E-state index in [4.69, 9.17) is 18.7 Å². The lowest BCUT2D eigenvalue weighted by molar-refractivity contribution is -0.150. The molecule has 0 aliphatic heterocycles. The van der Waals surface area contributed by atoms with E-state index in [0.29, 0.717) is 42.8 Å². The first-order chi connectivity index (χ1) is 12.6. The highest BCUT2D eigenvalue weighted by molar-refractivity contribution is 5.70. The van der Waals surface area contributed by atoms with Crippen LogP contribution in [0.25, 0.3) is 0 Å². The van der Waals surface area contributed by atoms with Crippen molar-refractivity contribution in [3.05, 3.63) is 47.3 Å². The molecule has 0 aromatic carbocycles. The molecule has 2 aromatic heterocycles. The summed E-state index contributed by atoms with van der Waals surface area (Å²) in [5, 5.41) is 8.60. The number of ether oxygens (including phenoxy) is 1. The number of esters is 1. The number of carbonyl (C=O) groups is 2. The molecule has 0 radical (unpaired) electrons. The molecule has 3 rings (SSSR count). The molecule has 1 aliphatic carbocycles. The Balaban J connectivity index is 1.55. The number of carboxylic acids is 1. The quantitative estimate of drug-likeness (QED) is 0.439. The summed E-state index contributed by atoms with van der Waals surface area (Å²) in [6, 6.07) is 3.57. The first kappa shape index (κ1) is 17.9. The lowest BCUT2D eigenvalue weighted by Gasteiger charge is -2.17. The van der Waals surface area contributed by atoms with E-state index in [1.165, 1.54) is 6.26 Å². The maximum atomic E-state index is 12.2. The SMILES string of the molecule is O=C(O)CCCCCCC(=O)OC1Cc2ccoc2C#Cc2ccoc21. The largest absolute Gasteiger partial charge is 0.481 e. The number of aliphatic carboxylic acids is 1. The predicted octanol–water partition coefficient (Wildman–Crippen LogP) is 3.84. The minimum absolute atomic E-state index is 0.169. The molecule has 6 heteroatoms. The van der Waals surface area contributed by atoms with E-state index in [-0.39, 0.29) is 12.4 Å². The van der Waals surface area contributed by atoms with Crippen LogP contribution in [-0.2, 0) is 20.7 Å². The van der Waals surface area contributed by atoms with Crippen LogP contribution in [0.3, 0.4) is 0 Å². The zero-order chi connectivity index (χ0) is 18.4. The number of carbonyl (C=O) groups excluding carboxylic acids is 1. The standard InChI is InChI=1S/C20H20O6/c21-18(22)5-3-1-2-4-6-19(23)26-17-13-15-10-11-24-16(15)8-7-14-9-12-25-20(14)17/h9-12,17H,1-6,13H2,(H,21,22). The Morgan fingerprint density at radius 3 is 2.65 bits per heavy atom. The zero-order valence-electron chi connectivity index (χ0n) is 14.3. The van der Waals surface area contributed by atoms with Gasteiger partial charge in [-0.15, -0.1) is 0 Å². The molecular formula is C20H20O6. The van der Waals surface area contributed by atoms with Crippen LogP contribution in [0.5, 0.6) is 0 Å². The molecule has 6 nitrogen and oxygen atoms in total. The van der Waals surface area contributed by atoms with Crippen molar-refractivity contribution in [2.75, 3.05) is 0 Å². The van der Waals surface area contributed by atoms with Crippen LogP contribution < -0.4 is 0 Å². The lowest BCUT2D eigenvalue weighted by Crippen LogP contribution is -2.15. The van der Waals surface area contributed by atoms with Gasteiger partial charge < -0.3 is 18.7 Å². The van der Waals surface area contributed by atoms with E-state index >= 15 is 0 Å². The first-order valence-corrected chi connectivity index (χ1v) is 8.70. The van der Waals surface area contributed by atoms with Crippen LogP contribution in [0, 0.1) is 11.8 Å². The zero-order valence-corrected chi connectivity index (χ0v) is 14.3. The van der Waals surface area contributed by atoms with Gasteiger partial charge >= 0.3 is 11.9 Å². The average molecular weight is 356 g/mol. The second kappa shape index (κ2) is 8.43. The summed E-state index contributed by atoms with van der Waals surface area (Å²) >= 11 is 0. The molecule has 0 amide bonds. The summed E-state index contributed by atoms with van der Waals surface area (Å²) in [5.41, 5.74) is 1.57. The van der Waals surface area contributed by atoms with Crippen molar-refractivity contribution in [2.24, 2.45) is 0 Å². The Bertz CT molecular complexity index is 832. The molecule has 2 aromatic rings. The van der Waals surface area contributed by atoms with Crippen LogP contribution >= 0.6 is 0 Å². The summed E-state index contributed by atoms with van der Waals surface area (Å²) in [5.74, 6) is 6.00. The minimum atomic E-state index is -0.787. The Morgan fingerprint density at radius 2 is 1.85 bits per heavy atom. The van der Waals surface area contributed by atoms with E-state index < -0.39 is 12.1 Å². The summed E-state index contributed by atoms with van der Waals surface area (Å²) in [4.78, 5) is 22.7. The predicted molar refractivity (Wildman–Crippen MR) is 91.3 cm³/mol. The minimum Gasteiger partial charge on any atom is -0.481 e. The highest BCUT2D eigenvalue weighted by Crippen LogP contribution is 2.30. The van der Waals surface area contributed by atoms with Gasteiger partial charge in [-0.25, -0.2) is 0 Å². The van der Waals surface area contributed by atoms with Crippen LogP contribution in [0.2, 0.25) is 0 Å². The van der Waals surface area contributed by atoms with Gasteiger partial charge in [0.05, 0.1) is 18.1 Å². The first-order valence-electron chi connectivity index (χ1n) is 8.70. The molecule has 0 saturated heterocycles. The summed E-state index contributed by atoms with van der Waals surface area (Å²) < 4.78 is 16.5. The number of hydrogen-bond donors (Lipinski definition) is 1. The van der Waals surface area contributed by atoms with E-state index in [9.17, 15) is 9.59 Å². The molecule has 0 saturated carbocycles. The van der Waals surface area contributed by atoms with Crippen molar-refractivity contribution >= 4 is 11.9 Å².